The number of amides is 1. The van der Waals surface area contributed by atoms with Gasteiger partial charge in [0.25, 0.3) is 5.91 Å². The average Bonchev–Trinajstić information content (AvgIpc) is 3.20. The third kappa shape index (κ3) is 3.60. The van der Waals surface area contributed by atoms with E-state index in [2.05, 4.69) is 5.32 Å². The molecule has 1 aromatic carbocycles. The summed E-state index contributed by atoms with van der Waals surface area (Å²) < 4.78 is 23.2. The van der Waals surface area contributed by atoms with Gasteiger partial charge in [0.2, 0.25) is 0 Å². The summed E-state index contributed by atoms with van der Waals surface area (Å²) >= 11 is 1.32. The Balaban J connectivity index is 1.67. The Bertz CT molecular complexity index is 876. The molecule has 0 fully saturated rings. The second-order valence-corrected chi connectivity index (χ2v) is 6.76. The third-order valence-corrected chi connectivity index (χ3v) is 5.20. The number of ether oxygens (including phenoxy) is 2. The van der Waals surface area contributed by atoms with Gasteiger partial charge in [-0.05, 0) is 37.0 Å². The van der Waals surface area contributed by atoms with E-state index in [1.807, 2.05) is 0 Å². The standard InChI is InChI=1S/C18H16FNO5S/c1-24-18(23)15-11-6-4-8-13(11)26-16(15)20-14(21)9-25-17(22)10-5-2-3-7-12(10)19/h2-3,5,7H,4,6,8-9H2,1H3,(H,20,21). The van der Waals surface area contributed by atoms with E-state index in [1.165, 1.54) is 36.6 Å². The van der Waals surface area contributed by atoms with Gasteiger partial charge in [-0.25, -0.2) is 14.0 Å². The number of carbonyl (C=O) groups is 3. The van der Waals surface area contributed by atoms with Crippen molar-refractivity contribution in [2.75, 3.05) is 19.0 Å². The molecule has 8 heteroatoms. The predicted octanol–water partition coefficient (Wildman–Crippen LogP) is 2.96. The number of hydrogen-bond donors (Lipinski definition) is 1. The lowest BCUT2D eigenvalue weighted by atomic mass is 10.1. The molecule has 1 amide bonds. The lowest BCUT2D eigenvalue weighted by Gasteiger charge is -2.08. The van der Waals surface area contributed by atoms with Crippen molar-refractivity contribution >= 4 is 34.2 Å². The van der Waals surface area contributed by atoms with Crippen molar-refractivity contribution in [2.24, 2.45) is 0 Å². The summed E-state index contributed by atoms with van der Waals surface area (Å²) in [5.41, 5.74) is 1.02. The fourth-order valence-corrected chi connectivity index (χ4v) is 4.10. The maximum atomic E-state index is 13.5. The Morgan fingerprint density at radius 2 is 1.96 bits per heavy atom. The van der Waals surface area contributed by atoms with Crippen LogP contribution >= 0.6 is 11.3 Å². The zero-order valence-corrected chi connectivity index (χ0v) is 14.8. The van der Waals surface area contributed by atoms with Crippen molar-refractivity contribution in [2.45, 2.75) is 19.3 Å². The number of methoxy groups -OCH3 is 1. The molecule has 0 saturated heterocycles. The minimum atomic E-state index is -0.930. The maximum Gasteiger partial charge on any atom is 0.341 e. The van der Waals surface area contributed by atoms with Gasteiger partial charge in [-0.3, -0.25) is 4.79 Å². The van der Waals surface area contributed by atoms with Gasteiger partial charge in [-0.2, -0.15) is 0 Å². The van der Waals surface area contributed by atoms with E-state index in [0.717, 1.165) is 35.8 Å². The number of esters is 2. The molecule has 0 spiro atoms. The number of benzene rings is 1. The van der Waals surface area contributed by atoms with Crippen LogP contribution in [0.2, 0.25) is 0 Å². The van der Waals surface area contributed by atoms with E-state index in [-0.39, 0.29) is 5.56 Å². The molecule has 0 bridgehead atoms. The van der Waals surface area contributed by atoms with Crippen molar-refractivity contribution in [1.29, 1.82) is 0 Å². The van der Waals surface area contributed by atoms with E-state index >= 15 is 0 Å². The molecule has 26 heavy (non-hydrogen) atoms. The van der Waals surface area contributed by atoms with Gasteiger partial charge in [0.1, 0.15) is 10.8 Å². The molecule has 1 N–H and O–H groups in total. The van der Waals surface area contributed by atoms with E-state index in [9.17, 15) is 18.8 Å². The number of halogens is 1. The van der Waals surface area contributed by atoms with Crippen LogP contribution in [-0.2, 0) is 27.1 Å². The average molecular weight is 377 g/mol. The van der Waals surface area contributed by atoms with Crippen LogP contribution in [0, 0.1) is 5.82 Å². The zero-order valence-electron chi connectivity index (χ0n) is 14.0. The summed E-state index contributed by atoms with van der Waals surface area (Å²) in [6, 6.07) is 5.35. The van der Waals surface area contributed by atoms with Gasteiger partial charge in [0.15, 0.2) is 6.61 Å². The first-order chi connectivity index (χ1) is 12.5. The van der Waals surface area contributed by atoms with Crippen LogP contribution in [0.15, 0.2) is 24.3 Å². The SMILES string of the molecule is COC(=O)c1c(NC(=O)COC(=O)c2ccccc2F)sc2c1CCC2. The molecule has 6 nitrogen and oxygen atoms in total. The molecule has 3 rings (SSSR count). The summed E-state index contributed by atoms with van der Waals surface area (Å²) in [5.74, 6) is -2.77. The summed E-state index contributed by atoms with van der Waals surface area (Å²) in [4.78, 5) is 37.0. The first kappa shape index (κ1) is 18.1. The first-order valence-electron chi connectivity index (χ1n) is 7.95. The lowest BCUT2D eigenvalue weighted by Crippen LogP contribution is -2.22. The van der Waals surface area contributed by atoms with Crippen LogP contribution in [-0.4, -0.2) is 31.6 Å². The number of anilines is 1. The third-order valence-electron chi connectivity index (χ3n) is 3.99. The Kier molecular flexibility index (Phi) is 5.32. The van der Waals surface area contributed by atoms with Gasteiger partial charge in [0, 0.05) is 4.88 Å². The van der Waals surface area contributed by atoms with E-state index in [0.29, 0.717) is 10.6 Å². The molecule has 0 unspecified atom stereocenters. The quantitative estimate of drug-likeness (QED) is 0.810. The molecule has 0 aliphatic heterocycles. The number of aryl methyl sites for hydroxylation is 1. The van der Waals surface area contributed by atoms with Crippen molar-refractivity contribution in [1.82, 2.24) is 0 Å². The first-order valence-corrected chi connectivity index (χ1v) is 8.77. The Labute approximate surface area is 152 Å². The highest BCUT2D eigenvalue weighted by Gasteiger charge is 2.28. The Hall–Kier alpha value is -2.74. The van der Waals surface area contributed by atoms with Gasteiger partial charge in [0.05, 0.1) is 18.2 Å². The molecule has 0 atom stereocenters. The molecular formula is C18H16FNO5S. The van der Waals surface area contributed by atoms with Gasteiger partial charge < -0.3 is 14.8 Å². The highest BCUT2D eigenvalue weighted by Crippen LogP contribution is 2.39. The van der Waals surface area contributed by atoms with Crippen molar-refractivity contribution < 1.29 is 28.2 Å². The highest BCUT2D eigenvalue weighted by atomic mass is 32.1. The zero-order chi connectivity index (χ0) is 18.7. The van der Waals surface area contributed by atoms with Gasteiger partial charge in [-0.15, -0.1) is 11.3 Å². The minimum absolute atomic E-state index is 0.245. The summed E-state index contributed by atoms with van der Waals surface area (Å²) in [6.07, 6.45) is 2.57. The topological polar surface area (TPSA) is 81.7 Å². The molecule has 0 saturated carbocycles. The molecular weight excluding hydrogens is 361 g/mol. The van der Waals surface area contributed by atoms with E-state index in [1.54, 1.807) is 0 Å². The van der Waals surface area contributed by atoms with Crippen LogP contribution in [0.5, 0.6) is 0 Å². The Morgan fingerprint density at radius 3 is 2.69 bits per heavy atom. The number of rotatable bonds is 5. The summed E-state index contributed by atoms with van der Waals surface area (Å²) in [5, 5.41) is 2.97. The van der Waals surface area contributed by atoms with Crippen molar-refractivity contribution in [3.63, 3.8) is 0 Å². The molecule has 2 aromatic rings. The lowest BCUT2D eigenvalue weighted by molar-refractivity contribution is -0.119. The van der Waals surface area contributed by atoms with E-state index < -0.39 is 30.3 Å². The van der Waals surface area contributed by atoms with E-state index in [4.69, 9.17) is 9.47 Å². The monoisotopic (exact) mass is 377 g/mol. The van der Waals surface area contributed by atoms with Crippen LogP contribution in [0.3, 0.4) is 0 Å². The molecule has 1 aliphatic carbocycles. The number of fused-ring (bicyclic) bond motifs is 1. The van der Waals surface area contributed by atoms with Crippen LogP contribution in [0.25, 0.3) is 0 Å². The van der Waals surface area contributed by atoms with Crippen molar-refractivity contribution in [3.8, 4) is 0 Å². The molecule has 1 aliphatic rings. The minimum Gasteiger partial charge on any atom is -0.465 e. The second-order valence-electron chi connectivity index (χ2n) is 5.66. The Morgan fingerprint density at radius 1 is 1.19 bits per heavy atom. The molecule has 1 heterocycles. The number of thiophene rings is 1. The van der Waals surface area contributed by atoms with Gasteiger partial charge >= 0.3 is 11.9 Å². The fourth-order valence-electron chi connectivity index (χ4n) is 2.81. The second kappa shape index (κ2) is 7.65. The smallest absolute Gasteiger partial charge is 0.341 e. The number of hydrogen-bond acceptors (Lipinski definition) is 6. The summed E-state index contributed by atoms with van der Waals surface area (Å²) in [6.45, 7) is -0.587. The molecule has 1 aromatic heterocycles. The van der Waals surface area contributed by atoms with Crippen LogP contribution < -0.4 is 5.32 Å². The summed E-state index contributed by atoms with van der Waals surface area (Å²) in [7, 11) is 1.28. The normalized spacial score (nSPS) is 12.4. The molecule has 0 radical (unpaired) electrons. The highest BCUT2D eigenvalue weighted by molar-refractivity contribution is 7.17. The van der Waals surface area contributed by atoms with Crippen LogP contribution in [0.1, 0.15) is 37.6 Å². The largest absolute Gasteiger partial charge is 0.465 e. The van der Waals surface area contributed by atoms with Gasteiger partial charge in [-0.1, -0.05) is 12.1 Å². The number of carbonyl (C=O) groups excluding carboxylic acids is 3. The van der Waals surface area contributed by atoms with Crippen LogP contribution in [0.4, 0.5) is 9.39 Å². The molecule has 136 valence electrons. The van der Waals surface area contributed by atoms with Crippen molar-refractivity contribution in [3.05, 3.63) is 51.7 Å². The maximum absolute atomic E-state index is 13.5. The fraction of sp³-hybridized carbons (Fsp3) is 0.278. The number of nitrogens with one attached hydrogen (secondary N) is 1. The predicted molar refractivity (Wildman–Crippen MR) is 93.0 cm³/mol.